The normalized spacial score (nSPS) is 12.8. The highest BCUT2D eigenvalue weighted by Crippen LogP contribution is 2.10. The maximum Gasteiger partial charge on any atom is 0.0692 e. The van der Waals surface area contributed by atoms with Crippen molar-refractivity contribution in [1.29, 1.82) is 0 Å². The van der Waals surface area contributed by atoms with Gasteiger partial charge in [-0.15, -0.1) is 5.10 Å². The van der Waals surface area contributed by atoms with E-state index in [2.05, 4.69) is 40.8 Å². The molecule has 17 heavy (non-hydrogen) atoms. The van der Waals surface area contributed by atoms with Crippen molar-refractivity contribution >= 4 is 0 Å². The molecular weight excluding hydrogens is 216 g/mol. The van der Waals surface area contributed by atoms with Crippen molar-refractivity contribution in [3.8, 4) is 0 Å². The lowest BCUT2D eigenvalue weighted by Gasteiger charge is -2.11. The van der Waals surface area contributed by atoms with E-state index < -0.39 is 0 Å². The van der Waals surface area contributed by atoms with Crippen LogP contribution in [0.4, 0.5) is 0 Å². The summed E-state index contributed by atoms with van der Waals surface area (Å²) < 4.78 is 3.75. The van der Waals surface area contributed by atoms with Gasteiger partial charge in [0.2, 0.25) is 0 Å². The molecule has 1 N–H and O–H groups in total. The summed E-state index contributed by atoms with van der Waals surface area (Å²) in [6, 6.07) is 0.304. The van der Waals surface area contributed by atoms with Crippen molar-refractivity contribution in [2.75, 3.05) is 6.54 Å². The van der Waals surface area contributed by atoms with Crippen LogP contribution in [0.5, 0.6) is 0 Å². The highest BCUT2D eigenvalue weighted by atomic mass is 15.4. The zero-order valence-corrected chi connectivity index (χ0v) is 10.2. The van der Waals surface area contributed by atoms with E-state index in [0.29, 0.717) is 6.04 Å². The van der Waals surface area contributed by atoms with E-state index in [1.54, 1.807) is 6.20 Å². The maximum absolute atomic E-state index is 4.26. The van der Waals surface area contributed by atoms with Gasteiger partial charge in [-0.3, -0.25) is 9.36 Å². The molecule has 0 fully saturated rings. The minimum Gasteiger partial charge on any atom is -0.308 e. The lowest BCUT2D eigenvalue weighted by atomic mass is 10.2. The van der Waals surface area contributed by atoms with Crippen LogP contribution in [0.3, 0.4) is 0 Å². The summed E-state index contributed by atoms with van der Waals surface area (Å²) in [6.07, 6.45) is 7.54. The van der Waals surface area contributed by atoms with Gasteiger partial charge < -0.3 is 5.32 Å². The lowest BCUT2D eigenvalue weighted by Crippen LogP contribution is -2.23. The molecule has 0 aliphatic heterocycles. The Morgan fingerprint density at radius 2 is 2.29 bits per heavy atom. The molecule has 0 amide bonds. The number of aromatic nitrogens is 5. The Balaban J connectivity index is 1.78. The smallest absolute Gasteiger partial charge is 0.0692 e. The van der Waals surface area contributed by atoms with Crippen LogP contribution in [0, 0.1) is 0 Å². The molecule has 0 spiro atoms. The summed E-state index contributed by atoms with van der Waals surface area (Å²) in [5, 5.41) is 15.4. The molecule has 0 bridgehead atoms. The van der Waals surface area contributed by atoms with E-state index in [9.17, 15) is 0 Å². The first-order chi connectivity index (χ1) is 8.29. The second-order valence-electron chi connectivity index (χ2n) is 3.97. The van der Waals surface area contributed by atoms with Crippen LogP contribution in [0.2, 0.25) is 0 Å². The predicted octanol–water partition coefficient (Wildman–Crippen LogP) is 0.845. The molecule has 2 aromatic heterocycles. The molecule has 92 valence electrons. The van der Waals surface area contributed by atoms with Gasteiger partial charge in [0, 0.05) is 37.1 Å². The molecule has 1 unspecified atom stereocenters. The third kappa shape index (κ3) is 3.13. The summed E-state index contributed by atoms with van der Waals surface area (Å²) in [7, 11) is 0. The molecule has 2 heterocycles. The van der Waals surface area contributed by atoms with E-state index in [1.165, 1.54) is 5.56 Å². The van der Waals surface area contributed by atoms with Crippen molar-refractivity contribution in [2.45, 2.75) is 33.0 Å². The van der Waals surface area contributed by atoms with E-state index in [4.69, 9.17) is 0 Å². The van der Waals surface area contributed by atoms with Crippen LogP contribution >= 0.6 is 0 Å². The molecule has 0 saturated heterocycles. The fraction of sp³-hybridized carbons (Fsp3) is 0.545. The monoisotopic (exact) mass is 234 g/mol. The van der Waals surface area contributed by atoms with Crippen molar-refractivity contribution in [3.63, 3.8) is 0 Å². The van der Waals surface area contributed by atoms with Crippen molar-refractivity contribution in [3.05, 3.63) is 30.4 Å². The number of nitrogens with zero attached hydrogens (tertiary/aromatic N) is 5. The maximum atomic E-state index is 4.26. The first-order valence-corrected chi connectivity index (χ1v) is 5.89. The van der Waals surface area contributed by atoms with Gasteiger partial charge in [-0.2, -0.15) is 5.10 Å². The van der Waals surface area contributed by atoms with Crippen LogP contribution in [0.1, 0.15) is 25.5 Å². The van der Waals surface area contributed by atoms with Crippen LogP contribution < -0.4 is 5.32 Å². The summed E-state index contributed by atoms with van der Waals surface area (Å²) in [4.78, 5) is 0. The molecule has 1 atom stereocenters. The second kappa shape index (κ2) is 5.58. The molecule has 0 aliphatic rings. The number of hydrogen-bond acceptors (Lipinski definition) is 4. The van der Waals surface area contributed by atoms with Crippen LogP contribution in [-0.4, -0.2) is 31.3 Å². The molecule has 0 aromatic carbocycles. The SMILES string of the molecule is CCn1cc(C(C)NCCn2ccnn2)cn1. The van der Waals surface area contributed by atoms with Gasteiger partial charge >= 0.3 is 0 Å². The molecule has 2 aromatic rings. The molecule has 0 saturated carbocycles. The number of hydrogen-bond donors (Lipinski definition) is 1. The van der Waals surface area contributed by atoms with Gasteiger partial charge in [0.15, 0.2) is 0 Å². The van der Waals surface area contributed by atoms with Gasteiger partial charge in [0.1, 0.15) is 0 Å². The lowest BCUT2D eigenvalue weighted by molar-refractivity contribution is 0.499. The van der Waals surface area contributed by atoms with E-state index in [-0.39, 0.29) is 0 Å². The minimum absolute atomic E-state index is 0.304. The van der Waals surface area contributed by atoms with Crippen LogP contribution in [0.25, 0.3) is 0 Å². The van der Waals surface area contributed by atoms with Gasteiger partial charge in [0.05, 0.1) is 18.9 Å². The zero-order valence-electron chi connectivity index (χ0n) is 10.2. The highest BCUT2D eigenvalue weighted by molar-refractivity contribution is 5.08. The van der Waals surface area contributed by atoms with Crippen LogP contribution in [-0.2, 0) is 13.1 Å². The first-order valence-electron chi connectivity index (χ1n) is 5.89. The standard InChI is InChI=1S/C11H18N6/c1-3-16-9-11(8-14-16)10(2)12-4-6-17-7-5-13-15-17/h5,7-10,12H,3-4,6H2,1-2H3. The fourth-order valence-corrected chi connectivity index (χ4v) is 1.64. The number of aryl methyl sites for hydroxylation is 1. The highest BCUT2D eigenvalue weighted by Gasteiger charge is 2.06. The Morgan fingerprint density at radius 3 is 2.94 bits per heavy atom. The quantitative estimate of drug-likeness (QED) is 0.804. The Kier molecular flexibility index (Phi) is 3.87. The summed E-state index contributed by atoms with van der Waals surface area (Å²) >= 11 is 0. The molecule has 2 rings (SSSR count). The second-order valence-corrected chi connectivity index (χ2v) is 3.97. The third-order valence-electron chi connectivity index (χ3n) is 2.74. The van der Waals surface area contributed by atoms with E-state index in [0.717, 1.165) is 19.6 Å². The summed E-state index contributed by atoms with van der Waals surface area (Å²) in [5.41, 5.74) is 1.21. The van der Waals surface area contributed by atoms with Gasteiger partial charge in [0.25, 0.3) is 0 Å². The van der Waals surface area contributed by atoms with E-state index in [1.807, 2.05) is 21.8 Å². The topological polar surface area (TPSA) is 60.6 Å². The van der Waals surface area contributed by atoms with Crippen molar-refractivity contribution in [2.24, 2.45) is 0 Å². The molecule has 0 aliphatic carbocycles. The van der Waals surface area contributed by atoms with Gasteiger partial charge in [-0.25, -0.2) is 0 Å². The Morgan fingerprint density at radius 1 is 1.41 bits per heavy atom. The summed E-state index contributed by atoms with van der Waals surface area (Å²) in [5.74, 6) is 0. The van der Waals surface area contributed by atoms with Gasteiger partial charge in [-0.1, -0.05) is 5.21 Å². The molecular formula is C11H18N6. The average Bonchev–Trinajstić information content (AvgIpc) is 2.99. The Labute approximate surface area is 101 Å². The number of rotatable bonds is 6. The minimum atomic E-state index is 0.304. The first kappa shape index (κ1) is 11.8. The Bertz CT molecular complexity index is 433. The molecule has 6 nitrogen and oxygen atoms in total. The van der Waals surface area contributed by atoms with E-state index >= 15 is 0 Å². The summed E-state index contributed by atoms with van der Waals surface area (Å²) in [6.45, 7) is 6.82. The molecule has 6 heteroatoms. The zero-order chi connectivity index (χ0) is 12.1. The predicted molar refractivity (Wildman–Crippen MR) is 64.3 cm³/mol. The fourth-order valence-electron chi connectivity index (χ4n) is 1.64. The van der Waals surface area contributed by atoms with Crippen LogP contribution in [0.15, 0.2) is 24.8 Å². The largest absolute Gasteiger partial charge is 0.308 e. The number of nitrogens with one attached hydrogen (secondary N) is 1. The third-order valence-corrected chi connectivity index (χ3v) is 2.74. The molecule has 0 radical (unpaired) electrons. The van der Waals surface area contributed by atoms with Crippen molar-refractivity contribution in [1.82, 2.24) is 30.1 Å². The Hall–Kier alpha value is -1.69. The van der Waals surface area contributed by atoms with Gasteiger partial charge in [-0.05, 0) is 13.8 Å². The average molecular weight is 234 g/mol. The van der Waals surface area contributed by atoms with Crippen molar-refractivity contribution < 1.29 is 0 Å².